The van der Waals surface area contributed by atoms with Crippen molar-refractivity contribution in [1.29, 1.82) is 0 Å². The molecule has 0 unspecified atom stereocenters. The van der Waals surface area contributed by atoms with Gasteiger partial charge in [-0.1, -0.05) is 0 Å². The highest BCUT2D eigenvalue weighted by atomic mass is 32.1. The standard InChI is InChI=1S/C15H21N3O3S/c1-10-12(16-11(2)22-10)7-13(19)18-6-4-5-15(9-18)8-17(3)14(20)21-15/h4-9H2,1-3H3/t15-/m1/s1. The van der Waals surface area contributed by atoms with Crippen molar-refractivity contribution >= 4 is 23.3 Å². The molecule has 7 heteroatoms. The number of rotatable bonds is 2. The molecule has 2 aliphatic heterocycles. The Hall–Kier alpha value is -1.63. The Kier molecular flexibility index (Phi) is 3.84. The van der Waals surface area contributed by atoms with Crippen LogP contribution < -0.4 is 0 Å². The molecule has 0 aliphatic carbocycles. The molecule has 0 N–H and O–H groups in total. The quantitative estimate of drug-likeness (QED) is 0.832. The number of amides is 2. The van der Waals surface area contributed by atoms with Crippen LogP contribution in [0.1, 0.15) is 28.4 Å². The fourth-order valence-corrected chi connectivity index (χ4v) is 4.14. The van der Waals surface area contributed by atoms with E-state index in [9.17, 15) is 9.59 Å². The number of likely N-dealkylation sites (tertiary alicyclic amines) is 1. The van der Waals surface area contributed by atoms with Gasteiger partial charge in [0.05, 0.1) is 30.2 Å². The van der Waals surface area contributed by atoms with E-state index in [1.54, 1.807) is 23.3 Å². The maximum absolute atomic E-state index is 12.6. The Morgan fingerprint density at radius 1 is 1.41 bits per heavy atom. The lowest BCUT2D eigenvalue weighted by Crippen LogP contribution is -2.52. The largest absolute Gasteiger partial charge is 0.439 e. The minimum Gasteiger partial charge on any atom is -0.439 e. The van der Waals surface area contributed by atoms with E-state index in [2.05, 4.69) is 4.98 Å². The molecule has 120 valence electrons. The maximum atomic E-state index is 12.6. The van der Waals surface area contributed by atoms with Crippen molar-refractivity contribution in [3.05, 3.63) is 15.6 Å². The highest BCUT2D eigenvalue weighted by molar-refractivity contribution is 7.11. The van der Waals surface area contributed by atoms with Gasteiger partial charge in [-0.25, -0.2) is 9.78 Å². The van der Waals surface area contributed by atoms with Crippen molar-refractivity contribution in [3.63, 3.8) is 0 Å². The summed E-state index contributed by atoms with van der Waals surface area (Å²) in [4.78, 5) is 33.2. The number of thiazole rings is 1. The van der Waals surface area contributed by atoms with Gasteiger partial charge in [0.1, 0.15) is 5.60 Å². The molecule has 0 saturated carbocycles. The first-order valence-electron chi connectivity index (χ1n) is 7.53. The lowest BCUT2D eigenvalue weighted by Gasteiger charge is -2.38. The summed E-state index contributed by atoms with van der Waals surface area (Å²) >= 11 is 1.62. The van der Waals surface area contributed by atoms with E-state index in [0.29, 0.717) is 19.5 Å². The van der Waals surface area contributed by atoms with Gasteiger partial charge in [0.15, 0.2) is 0 Å². The molecule has 3 rings (SSSR count). The third-order valence-electron chi connectivity index (χ3n) is 4.35. The van der Waals surface area contributed by atoms with E-state index in [4.69, 9.17) is 4.74 Å². The third kappa shape index (κ3) is 2.82. The third-order valence-corrected chi connectivity index (χ3v) is 5.28. The van der Waals surface area contributed by atoms with Crippen molar-refractivity contribution in [2.24, 2.45) is 0 Å². The van der Waals surface area contributed by atoms with Crippen LogP contribution in [-0.2, 0) is 16.0 Å². The Labute approximate surface area is 134 Å². The summed E-state index contributed by atoms with van der Waals surface area (Å²) < 4.78 is 5.54. The summed E-state index contributed by atoms with van der Waals surface area (Å²) in [5.41, 5.74) is 0.347. The number of nitrogens with zero attached hydrogens (tertiary/aromatic N) is 3. The normalized spacial score (nSPS) is 25.0. The molecule has 1 atom stereocenters. The molecule has 0 bridgehead atoms. The van der Waals surface area contributed by atoms with E-state index >= 15 is 0 Å². The van der Waals surface area contributed by atoms with Gasteiger partial charge in [0.2, 0.25) is 5.91 Å². The summed E-state index contributed by atoms with van der Waals surface area (Å²) in [5.74, 6) is 0.0677. The van der Waals surface area contributed by atoms with Crippen LogP contribution in [0, 0.1) is 13.8 Å². The number of carbonyl (C=O) groups is 2. The first-order valence-corrected chi connectivity index (χ1v) is 8.35. The average Bonchev–Trinajstić information content (AvgIpc) is 2.89. The van der Waals surface area contributed by atoms with Gasteiger partial charge in [0.25, 0.3) is 0 Å². The van der Waals surface area contributed by atoms with Gasteiger partial charge in [-0.05, 0) is 26.7 Å². The van der Waals surface area contributed by atoms with Crippen LogP contribution in [0.4, 0.5) is 4.79 Å². The van der Waals surface area contributed by atoms with Crippen LogP contribution in [0.5, 0.6) is 0 Å². The number of aryl methyl sites for hydroxylation is 2. The van der Waals surface area contributed by atoms with E-state index in [1.807, 2.05) is 18.7 Å². The Balaban J connectivity index is 1.68. The van der Waals surface area contributed by atoms with Crippen LogP contribution in [0.25, 0.3) is 0 Å². The first kappa shape index (κ1) is 15.3. The fourth-order valence-electron chi connectivity index (χ4n) is 3.31. The average molecular weight is 323 g/mol. The second-order valence-corrected chi connectivity index (χ2v) is 7.65. The smallest absolute Gasteiger partial charge is 0.410 e. The highest BCUT2D eigenvalue weighted by Gasteiger charge is 2.47. The molecule has 1 aromatic heterocycles. The van der Waals surface area contributed by atoms with Gasteiger partial charge in [-0.15, -0.1) is 11.3 Å². The molecule has 2 aliphatic rings. The Bertz CT molecular complexity index is 615. The van der Waals surface area contributed by atoms with Gasteiger partial charge >= 0.3 is 6.09 Å². The SMILES string of the molecule is Cc1nc(CC(=O)N2CCC[C@@]3(CN(C)C(=O)O3)C2)c(C)s1. The fraction of sp³-hybridized carbons (Fsp3) is 0.667. The van der Waals surface area contributed by atoms with Crippen molar-refractivity contribution < 1.29 is 14.3 Å². The molecule has 0 aromatic carbocycles. The number of hydrogen-bond donors (Lipinski definition) is 0. The predicted molar refractivity (Wildman–Crippen MR) is 82.9 cm³/mol. The summed E-state index contributed by atoms with van der Waals surface area (Å²) in [7, 11) is 1.74. The molecule has 3 heterocycles. The van der Waals surface area contributed by atoms with E-state index in [0.717, 1.165) is 35.0 Å². The molecule has 2 fully saturated rings. The zero-order valence-electron chi connectivity index (χ0n) is 13.2. The lowest BCUT2D eigenvalue weighted by molar-refractivity contribution is -0.136. The molecular formula is C15H21N3O3S. The van der Waals surface area contributed by atoms with Crippen molar-refractivity contribution in [2.45, 2.75) is 38.7 Å². The highest BCUT2D eigenvalue weighted by Crippen LogP contribution is 2.31. The monoisotopic (exact) mass is 323 g/mol. The van der Waals surface area contributed by atoms with E-state index in [1.165, 1.54) is 0 Å². The summed E-state index contributed by atoms with van der Waals surface area (Å²) in [6.07, 6.45) is 1.72. The van der Waals surface area contributed by atoms with E-state index in [-0.39, 0.29) is 12.0 Å². The zero-order valence-corrected chi connectivity index (χ0v) is 14.0. The number of ether oxygens (including phenoxy) is 1. The van der Waals surface area contributed by atoms with Crippen LogP contribution in [-0.4, -0.2) is 59.1 Å². The van der Waals surface area contributed by atoms with Crippen molar-refractivity contribution in [3.8, 4) is 0 Å². The molecule has 6 nitrogen and oxygen atoms in total. The van der Waals surface area contributed by atoms with Gasteiger partial charge in [0, 0.05) is 18.5 Å². The van der Waals surface area contributed by atoms with Crippen LogP contribution in [0.3, 0.4) is 0 Å². The van der Waals surface area contributed by atoms with E-state index < -0.39 is 5.60 Å². The minimum absolute atomic E-state index is 0.0677. The van der Waals surface area contributed by atoms with Crippen LogP contribution in [0.15, 0.2) is 0 Å². The summed E-state index contributed by atoms with van der Waals surface area (Å²) in [6, 6.07) is 0. The zero-order chi connectivity index (χ0) is 15.9. The maximum Gasteiger partial charge on any atom is 0.410 e. The minimum atomic E-state index is -0.521. The molecule has 1 aromatic rings. The number of piperidine rings is 1. The van der Waals surface area contributed by atoms with Crippen LogP contribution in [0.2, 0.25) is 0 Å². The first-order chi connectivity index (χ1) is 10.4. The number of likely N-dealkylation sites (N-methyl/N-ethyl adjacent to an activating group) is 1. The van der Waals surface area contributed by atoms with Gasteiger partial charge in [-0.2, -0.15) is 0 Å². The molecule has 2 saturated heterocycles. The van der Waals surface area contributed by atoms with Crippen molar-refractivity contribution in [1.82, 2.24) is 14.8 Å². The Morgan fingerprint density at radius 3 is 2.77 bits per heavy atom. The Morgan fingerprint density at radius 2 is 2.18 bits per heavy atom. The molecule has 2 amide bonds. The second-order valence-electron chi connectivity index (χ2n) is 6.24. The number of carbonyl (C=O) groups excluding carboxylic acids is 2. The number of hydrogen-bond acceptors (Lipinski definition) is 5. The second kappa shape index (κ2) is 5.53. The van der Waals surface area contributed by atoms with Gasteiger partial charge in [-0.3, -0.25) is 4.79 Å². The predicted octanol–water partition coefficient (Wildman–Crippen LogP) is 1.75. The van der Waals surface area contributed by atoms with Crippen molar-refractivity contribution in [2.75, 3.05) is 26.7 Å². The molecule has 1 spiro atoms. The molecule has 0 radical (unpaired) electrons. The topological polar surface area (TPSA) is 62.7 Å². The van der Waals surface area contributed by atoms with Crippen LogP contribution >= 0.6 is 11.3 Å². The summed E-state index contributed by atoms with van der Waals surface area (Å²) in [6.45, 7) is 5.73. The summed E-state index contributed by atoms with van der Waals surface area (Å²) in [5, 5.41) is 0.988. The molecular weight excluding hydrogens is 302 g/mol. The van der Waals surface area contributed by atoms with Gasteiger partial charge < -0.3 is 14.5 Å². The molecule has 22 heavy (non-hydrogen) atoms. The number of aromatic nitrogens is 1. The lowest BCUT2D eigenvalue weighted by atomic mass is 9.92.